The molecule has 1 aliphatic rings. The Balaban J connectivity index is 1.56. The lowest BCUT2D eigenvalue weighted by molar-refractivity contribution is -0.128. The number of amidine groups is 1. The second-order valence-electron chi connectivity index (χ2n) is 7.66. The number of carbonyl (C=O) groups excluding carboxylic acids is 2. The maximum absolute atomic E-state index is 12.8. The molecule has 1 unspecified atom stereocenters. The van der Waals surface area contributed by atoms with Crippen LogP contribution in [0.15, 0.2) is 50.4 Å². The van der Waals surface area contributed by atoms with Crippen LogP contribution in [0.2, 0.25) is 0 Å². The highest BCUT2D eigenvalue weighted by atomic mass is 32.2. The summed E-state index contributed by atoms with van der Waals surface area (Å²) in [5, 5.41) is 3.80. The molecule has 184 valence electrons. The van der Waals surface area contributed by atoms with Crippen molar-refractivity contribution >= 4 is 55.8 Å². The maximum Gasteiger partial charge on any atom is 0.294 e. The third-order valence-corrected chi connectivity index (χ3v) is 8.99. The lowest BCUT2D eigenvalue weighted by atomic mass is 10.2. The zero-order valence-corrected chi connectivity index (χ0v) is 21.7. The summed E-state index contributed by atoms with van der Waals surface area (Å²) >= 11 is 2.07. The van der Waals surface area contributed by atoms with Gasteiger partial charge in [0.25, 0.3) is 10.0 Å². The van der Waals surface area contributed by atoms with E-state index in [-0.39, 0.29) is 34.2 Å². The number of benzene rings is 1. The zero-order chi connectivity index (χ0) is 24.6. The smallest absolute Gasteiger partial charge is 0.294 e. The fourth-order valence-corrected chi connectivity index (χ4v) is 6.68. The minimum Gasteiger partial charge on any atom is -0.494 e. The molecule has 0 aliphatic carbocycles. The standard InChI is InChI=1S/C23H29N3O5S3/c1-3-5-6-7-14-31-18-12-10-17(11-13-18)24-20(27)16-19-22(28)26(4-2)23(33-19)25-34(29,30)21-9-8-15-32-21/h8-13,15,19H,3-7,14,16H2,1-2H3,(H,24,27)/b25-23+. The summed E-state index contributed by atoms with van der Waals surface area (Å²) in [7, 11) is -3.90. The van der Waals surface area contributed by atoms with Gasteiger partial charge in [0, 0.05) is 18.7 Å². The average molecular weight is 524 g/mol. The normalized spacial score (nSPS) is 17.4. The van der Waals surface area contributed by atoms with E-state index >= 15 is 0 Å². The molecule has 1 aromatic heterocycles. The Kier molecular flexibility index (Phi) is 9.54. The molecule has 0 spiro atoms. The first-order valence-electron chi connectivity index (χ1n) is 11.2. The van der Waals surface area contributed by atoms with Crippen LogP contribution in [0, 0.1) is 0 Å². The molecule has 2 aromatic rings. The van der Waals surface area contributed by atoms with Crippen LogP contribution >= 0.6 is 23.1 Å². The lowest BCUT2D eigenvalue weighted by Gasteiger charge is -2.13. The van der Waals surface area contributed by atoms with E-state index in [4.69, 9.17) is 4.74 Å². The van der Waals surface area contributed by atoms with Crippen molar-refractivity contribution in [3.05, 3.63) is 41.8 Å². The van der Waals surface area contributed by atoms with Gasteiger partial charge in [0.1, 0.15) is 15.2 Å². The number of carbonyl (C=O) groups is 2. The van der Waals surface area contributed by atoms with Crippen molar-refractivity contribution in [2.45, 2.75) is 55.4 Å². The van der Waals surface area contributed by atoms with Gasteiger partial charge >= 0.3 is 0 Å². The van der Waals surface area contributed by atoms with Gasteiger partial charge < -0.3 is 10.1 Å². The molecule has 1 aromatic carbocycles. The molecule has 1 saturated heterocycles. The number of anilines is 1. The van der Waals surface area contributed by atoms with Crippen molar-refractivity contribution in [3.63, 3.8) is 0 Å². The van der Waals surface area contributed by atoms with E-state index in [1.807, 2.05) is 0 Å². The van der Waals surface area contributed by atoms with Gasteiger partial charge in [-0.2, -0.15) is 8.42 Å². The van der Waals surface area contributed by atoms with Crippen LogP contribution in [0.4, 0.5) is 5.69 Å². The van der Waals surface area contributed by atoms with Crippen molar-refractivity contribution < 1.29 is 22.7 Å². The van der Waals surface area contributed by atoms with Crippen LogP contribution < -0.4 is 10.1 Å². The highest BCUT2D eigenvalue weighted by Gasteiger charge is 2.39. The quantitative estimate of drug-likeness (QED) is 0.403. The third kappa shape index (κ3) is 7.07. The predicted octanol–water partition coefficient (Wildman–Crippen LogP) is 4.74. The maximum atomic E-state index is 12.8. The molecule has 11 heteroatoms. The number of unbranched alkanes of at least 4 members (excludes halogenated alkanes) is 3. The summed E-state index contributed by atoms with van der Waals surface area (Å²) in [6.45, 7) is 4.83. The minimum absolute atomic E-state index is 0.0895. The van der Waals surface area contributed by atoms with Crippen LogP contribution in [0.25, 0.3) is 0 Å². The van der Waals surface area contributed by atoms with Crippen molar-refractivity contribution in [1.82, 2.24) is 4.90 Å². The Hall–Kier alpha value is -2.37. The van der Waals surface area contributed by atoms with E-state index in [1.165, 1.54) is 23.8 Å². The zero-order valence-electron chi connectivity index (χ0n) is 19.2. The minimum atomic E-state index is -3.90. The number of hydrogen-bond acceptors (Lipinski definition) is 7. The number of thioether (sulfide) groups is 1. The molecule has 3 rings (SSSR count). The van der Waals surface area contributed by atoms with Crippen molar-refractivity contribution in [2.75, 3.05) is 18.5 Å². The first-order valence-corrected chi connectivity index (χ1v) is 14.4. The largest absolute Gasteiger partial charge is 0.494 e. The number of ether oxygens (including phenoxy) is 1. The molecule has 1 fully saturated rings. The van der Waals surface area contributed by atoms with E-state index in [0.29, 0.717) is 12.3 Å². The Morgan fingerprint density at radius 2 is 1.91 bits per heavy atom. The van der Waals surface area contributed by atoms with Gasteiger partial charge in [0.15, 0.2) is 5.17 Å². The van der Waals surface area contributed by atoms with E-state index < -0.39 is 15.3 Å². The number of hydrogen-bond donors (Lipinski definition) is 1. The Bertz CT molecular complexity index is 1100. The van der Waals surface area contributed by atoms with Crippen molar-refractivity contribution in [2.24, 2.45) is 4.40 Å². The summed E-state index contributed by atoms with van der Waals surface area (Å²) in [5.74, 6) is 0.0783. The fourth-order valence-electron chi connectivity index (χ4n) is 3.29. The molecule has 34 heavy (non-hydrogen) atoms. The molecule has 2 amide bonds. The molecule has 0 radical (unpaired) electrons. The van der Waals surface area contributed by atoms with Gasteiger partial charge in [-0.1, -0.05) is 44.0 Å². The molecular weight excluding hydrogens is 494 g/mol. The Morgan fingerprint density at radius 1 is 1.15 bits per heavy atom. The molecule has 1 N–H and O–H groups in total. The fraction of sp³-hybridized carbons (Fsp3) is 0.435. The molecule has 0 bridgehead atoms. The van der Waals surface area contributed by atoms with Gasteiger partial charge in [0.05, 0.1) is 6.61 Å². The highest BCUT2D eigenvalue weighted by molar-refractivity contribution is 8.16. The molecule has 8 nitrogen and oxygen atoms in total. The number of sulfonamides is 1. The number of thiophene rings is 1. The first kappa shape index (κ1) is 26.2. The molecule has 1 aliphatic heterocycles. The molecule has 1 atom stereocenters. The monoisotopic (exact) mass is 523 g/mol. The summed E-state index contributed by atoms with van der Waals surface area (Å²) in [6, 6.07) is 10.2. The van der Waals surface area contributed by atoms with E-state index in [2.05, 4.69) is 16.6 Å². The van der Waals surface area contributed by atoms with Crippen LogP contribution in [-0.4, -0.2) is 48.7 Å². The number of amides is 2. The first-order chi connectivity index (χ1) is 16.3. The highest BCUT2D eigenvalue weighted by Crippen LogP contribution is 2.32. The Labute approximate surface area is 208 Å². The number of rotatable bonds is 12. The second kappa shape index (κ2) is 12.4. The number of nitrogens with zero attached hydrogens (tertiary/aromatic N) is 2. The Morgan fingerprint density at radius 3 is 2.56 bits per heavy atom. The summed E-state index contributed by atoms with van der Waals surface area (Å²) in [4.78, 5) is 26.6. The van der Waals surface area contributed by atoms with Crippen LogP contribution in [0.1, 0.15) is 46.0 Å². The van der Waals surface area contributed by atoms with Gasteiger partial charge in [0.2, 0.25) is 11.8 Å². The topological polar surface area (TPSA) is 105 Å². The predicted molar refractivity (Wildman–Crippen MR) is 137 cm³/mol. The second-order valence-corrected chi connectivity index (χ2v) is 11.6. The van der Waals surface area contributed by atoms with Crippen molar-refractivity contribution in [1.29, 1.82) is 0 Å². The summed E-state index contributed by atoms with van der Waals surface area (Å²) in [5.41, 5.74) is 0.597. The van der Waals surface area contributed by atoms with E-state index in [9.17, 15) is 18.0 Å². The van der Waals surface area contributed by atoms with Gasteiger partial charge in [-0.3, -0.25) is 14.5 Å². The molecule has 2 heterocycles. The van der Waals surface area contributed by atoms with Gasteiger partial charge in [-0.15, -0.1) is 15.7 Å². The third-order valence-electron chi connectivity index (χ3n) is 5.06. The van der Waals surface area contributed by atoms with E-state index in [1.54, 1.807) is 42.6 Å². The van der Waals surface area contributed by atoms with E-state index in [0.717, 1.165) is 41.7 Å². The summed E-state index contributed by atoms with van der Waals surface area (Å²) in [6.07, 6.45) is 4.44. The van der Waals surface area contributed by atoms with Crippen molar-refractivity contribution in [3.8, 4) is 5.75 Å². The lowest BCUT2D eigenvalue weighted by Crippen LogP contribution is -2.33. The van der Waals surface area contributed by atoms with Crippen LogP contribution in [0.3, 0.4) is 0 Å². The average Bonchev–Trinajstić information content (AvgIpc) is 3.44. The molecular formula is C23H29N3O5S3. The van der Waals surface area contributed by atoms with Crippen LogP contribution in [0.5, 0.6) is 5.75 Å². The SMILES string of the molecule is CCCCCCOc1ccc(NC(=O)CC2S/C(=N/S(=O)(=O)c3cccs3)N(CC)C2=O)cc1. The van der Waals surface area contributed by atoms with Crippen LogP contribution in [-0.2, 0) is 19.6 Å². The molecule has 0 saturated carbocycles. The van der Waals surface area contributed by atoms with Gasteiger partial charge in [-0.25, -0.2) is 0 Å². The number of nitrogens with one attached hydrogen (secondary N) is 1. The van der Waals surface area contributed by atoms with Gasteiger partial charge in [-0.05, 0) is 49.1 Å². The summed E-state index contributed by atoms with van der Waals surface area (Å²) < 4.78 is 34.7.